The molecule has 0 bridgehead atoms. The molecule has 0 fully saturated rings. The Morgan fingerprint density at radius 3 is 2.30 bits per heavy atom. The Hall–Kier alpha value is -3.71. The van der Waals surface area contributed by atoms with Gasteiger partial charge in [-0.25, -0.2) is 4.90 Å². The number of thiophene rings is 1. The van der Waals surface area contributed by atoms with Crippen LogP contribution in [0.1, 0.15) is 17.4 Å². The molecular weight excluding hydrogens is 398 g/mol. The predicted molar refractivity (Wildman–Crippen MR) is 119 cm³/mol. The summed E-state index contributed by atoms with van der Waals surface area (Å²) in [6.45, 7) is 3.36. The summed E-state index contributed by atoms with van der Waals surface area (Å²) in [6.07, 6.45) is 0. The molecule has 6 nitrogen and oxygen atoms in total. The van der Waals surface area contributed by atoms with Crippen LogP contribution in [0.4, 0.5) is 17.1 Å². The third-order valence-electron chi connectivity index (χ3n) is 4.70. The molecule has 2 N–H and O–H groups in total. The van der Waals surface area contributed by atoms with Crippen molar-refractivity contribution in [2.24, 2.45) is 0 Å². The number of anilines is 3. The Balaban J connectivity index is 1.73. The van der Waals surface area contributed by atoms with Crippen LogP contribution in [-0.4, -0.2) is 17.7 Å². The lowest BCUT2D eigenvalue weighted by Crippen LogP contribution is -2.32. The molecule has 1 aromatic heterocycles. The molecule has 0 saturated carbocycles. The van der Waals surface area contributed by atoms with E-state index in [-0.39, 0.29) is 17.5 Å². The lowest BCUT2D eigenvalue weighted by Gasteiger charge is -2.16. The van der Waals surface area contributed by atoms with Crippen molar-refractivity contribution in [3.05, 3.63) is 82.2 Å². The molecule has 1 aliphatic heterocycles. The third-order valence-corrected chi connectivity index (χ3v) is 5.59. The Bertz CT molecular complexity index is 1160. The Kier molecular flexibility index (Phi) is 5.20. The molecule has 150 valence electrons. The van der Waals surface area contributed by atoms with Crippen molar-refractivity contribution >= 4 is 51.7 Å². The molecule has 2 heterocycles. The average Bonchev–Trinajstić information content (AvgIpc) is 3.31. The molecule has 0 radical (unpaired) electrons. The molecule has 30 heavy (non-hydrogen) atoms. The predicted octanol–water partition coefficient (Wildman–Crippen LogP) is 4.41. The summed E-state index contributed by atoms with van der Waals surface area (Å²) in [6, 6.07) is 17.9. The normalized spacial score (nSPS) is 13.7. The summed E-state index contributed by atoms with van der Waals surface area (Å²) in [4.78, 5) is 39.7. The Morgan fingerprint density at radius 2 is 1.67 bits per heavy atom. The number of amides is 3. The van der Waals surface area contributed by atoms with Gasteiger partial charge in [0.05, 0.1) is 11.3 Å². The quantitative estimate of drug-likeness (QED) is 0.603. The van der Waals surface area contributed by atoms with E-state index in [2.05, 4.69) is 10.6 Å². The lowest BCUT2D eigenvalue weighted by atomic mass is 10.1. The van der Waals surface area contributed by atoms with E-state index in [4.69, 9.17) is 0 Å². The topological polar surface area (TPSA) is 78.5 Å². The molecule has 3 amide bonds. The van der Waals surface area contributed by atoms with Crippen molar-refractivity contribution in [2.45, 2.75) is 13.8 Å². The van der Waals surface area contributed by atoms with Crippen molar-refractivity contribution < 1.29 is 14.4 Å². The van der Waals surface area contributed by atoms with E-state index in [0.29, 0.717) is 16.9 Å². The van der Waals surface area contributed by atoms with Gasteiger partial charge >= 0.3 is 0 Å². The van der Waals surface area contributed by atoms with E-state index in [0.717, 1.165) is 21.0 Å². The fourth-order valence-corrected chi connectivity index (χ4v) is 4.04. The lowest BCUT2D eigenvalue weighted by molar-refractivity contribution is -0.120. The summed E-state index contributed by atoms with van der Waals surface area (Å²) in [5.41, 5.74) is 3.37. The number of benzene rings is 2. The van der Waals surface area contributed by atoms with Crippen LogP contribution in [0.5, 0.6) is 0 Å². The number of para-hydroxylation sites is 1. The van der Waals surface area contributed by atoms with Crippen molar-refractivity contribution in [1.82, 2.24) is 0 Å². The molecule has 1 aliphatic rings. The SMILES string of the molecule is CC(=O)Nc1ccc(N2C(=O)C(Nc3ccccc3C)=C(c3cccs3)C2=O)cc1. The van der Waals surface area contributed by atoms with E-state index in [1.54, 1.807) is 24.3 Å². The van der Waals surface area contributed by atoms with E-state index >= 15 is 0 Å². The minimum absolute atomic E-state index is 0.192. The number of hydrogen-bond acceptors (Lipinski definition) is 5. The summed E-state index contributed by atoms with van der Waals surface area (Å²) < 4.78 is 0. The number of carbonyl (C=O) groups excluding carboxylic acids is 3. The highest BCUT2D eigenvalue weighted by atomic mass is 32.1. The van der Waals surface area contributed by atoms with Crippen LogP contribution in [0.2, 0.25) is 0 Å². The summed E-state index contributed by atoms with van der Waals surface area (Å²) in [5, 5.41) is 7.73. The maximum absolute atomic E-state index is 13.3. The summed E-state index contributed by atoms with van der Waals surface area (Å²) >= 11 is 1.41. The Labute approximate surface area is 177 Å². The molecule has 4 rings (SSSR count). The smallest absolute Gasteiger partial charge is 0.282 e. The first-order valence-corrected chi connectivity index (χ1v) is 10.2. The maximum Gasteiger partial charge on any atom is 0.282 e. The van der Waals surface area contributed by atoms with Crippen LogP contribution < -0.4 is 15.5 Å². The van der Waals surface area contributed by atoms with Crippen molar-refractivity contribution in [1.29, 1.82) is 0 Å². The number of rotatable bonds is 5. The maximum atomic E-state index is 13.3. The van der Waals surface area contributed by atoms with Crippen LogP contribution in [-0.2, 0) is 14.4 Å². The molecule has 0 atom stereocenters. The van der Waals surface area contributed by atoms with Crippen LogP contribution in [0.3, 0.4) is 0 Å². The van der Waals surface area contributed by atoms with Crippen LogP contribution in [0, 0.1) is 6.92 Å². The van der Waals surface area contributed by atoms with E-state index < -0.39 is 5.91 Å². The van der Waals surface area contributed by atoms with Gasteiger partial charge in [0.25, 0.3) is 11.8 Å². The molecule has 2 aromatic carbocycles. The van der Waals surface area contributed by atoms with Crippen molar-refractivity contribution in [3.8, 4) is 0 Å². The van der Waals surface area contributed by atoms with Gasteiger partial charge in [0.1, 0.15) is 5.70 Å². The van der Waals surface area contributed by atoms with Gasteiger partial charge in [-0.2, -0.15) is 0 Å². The Morgan fingerprint density at radius 1 is 0.933 bits per heavy atom. The number of hydrogen-bond donors (Lipinski definition) is 2. The van der Waals surface area contributed by atoms with Gasteiger partial charge in [-0.3, -0.25) is 14.4 Å². The highest BCUT2D eigenvalue weighted by Crippen LogP contribution is 2.36. The second-order valence-electron chi connectivity index (χ2n) is 6.84. The third kappa shape index (κ3) is 3.62. The van der Waals surface area contributed by atoms with Crippen LogP contribution >= 0.6 is 11.3 Å². The highest BCUT2D eigenvalue weighted by Gasteiger charge is 2.40. The number of nitrogens with zero attached hydrogens (tertiary/aromatic N) is 1. The minimum atomic E-state index is -0.418. The highest BCUT2D eigenvalue weighted by molar-refractivity contribution is 7.11. The first kappa shape index (κ1) is 19.6. The van der Waals surface area contributed by atoms with Gasteiger partial charge in [-0.1, -0.05) is 24.3 Å². The number of carbonyl (C=O) groups is 3. The van der Waals surface area contributed by atoms with Gasteiger partial charge in [-0.05, 0) is 54.3 Å². The summed E-state index contributed by atoms with van der Waals surface area (Å²) in [7, 11) is 0. The molecule has 0 unspecified atom stereocenters. The van der Waals surface area contributed by atoms with Gasteiger partial charge < -0.3 is 10.6 Å². The van der Waals surface area contributed by atoms with E-state index in [1.807, 2.05) is 48.7 Å². The fraction of sp³-hybridized carbons (Fsp3) is 0.0870. The number of aryl methyl sites for hydroxylation is 1. The monoisotopic (exact) mass is 417 g/mol. The molecule has 3 aromatic rings. The van der Waals surface area contributed by atoms with E-state index in [9.17, 15) is 14.4 Å². The van der Waals surface area contributed by atoms with Gasteiger partial charge in [0.15, 0.2) is 0 Å². The first-order chi connectivity index (χ1) is 14.5. The molecule has 0 spiro atoms. The van der Waals surface area contributed by atoms with Crippen molar-refractivity contribution in [3.63, 3.8) is 0 Å². The van der Waals surface area contributed by atoms with Crippen LogP contribution in [0.25, 0.3) is 5.57 Å². The van der Waals surface area contributed by atoms with E-state index in [1.165, 1.54) is 18.3 Å². The average molecular weight is 417 g/mol. The molecular formula is C23H19N3O3S. The largest absolute Gasteiger partial charge is 0.350 e. The number of imide groups is 1. The standard InChI is InChI=1S/C23H19N3O3S/c1-14-6-3-4-7-18(14)25-21-20(19-8-5-13-30-19)22(28)26(23(21)29)17-11-9-16(10-12-17)24-15(2)27/h3-13,25H,1-2H3,(H,24,27). The molecule has 7 heteroatoms. The van der Waals surface area contributed by atoms with Gasteiger partial charge in [-0.15, -0.1) is 11.3 Å². The van der Waals surface area contributed by atoms with Crippen LogP contribution in [0.15, 0.2) is 71.7 Å². The number of nitrogens with one attached hydrogen (secondary N) is 2. The zero-order chi connectivity index (χ0) is 21.3. The first-order valence-electron chi connectivity index (χ1n) is 9.33. The second kappa shape index (κ2) is 7.96. The second-order valence-corrected chi connectivity index (χ2v) is 7.79. The van der Waals surface area contributed by atoms with Gasteiger partial charge in [0.2, 0.25) is 5.91 Å². The van der Waals surface area contributed by atoms with Gasteiger partial charge in [0, 0.05) is 23.2 Å². The molecule has 0 aliphatic carbocycles. The zero-order valence-corrected chi connectivity index (χ0v) is 17.2. The van der Waals surface area contributed by atoms with Crippen molar-refractivity contribution in [2.75, 3.05) is 15.5 Å². The summed E-state index contributed by atoms with van der Waals surface area (Å²) in [5.74, 6) is -0.993. The zero-order valence-electron chi connectivity index (χ0n) is 16.4. The minimum Gasteiger partial charge on any atom is -0.350 e. The molecule has 0 saturated heterocycles. The fourth-order valence-electron chi connectivity index (χ4n) is 3.27.